The number of carbonyl (C=O) groups excluding carboxylic acids is 2. The minimum absolute atomic E-state index is 0.293. The van der Waals surface area contributed by atoms with Gasteiger partial charge in [0.05, 0.1) is 13.2 Å². The first-order valence-electron chi connectivity index (χ1n) is 4.68. The first kappa shape index (κ1) is 14.0. The first-order chi connectivity index (χ1) is 7.07. The summed E-state index contributed by atoms with van der Waals surface area (Å²) in [5.74, 6) is -0.874. The Morgan fingerprint density at radius 3 is 2.33 bits per heavy atom. The Balaban J connectivity index is 3.29. The predicted octanol–water partition coefficient (Wildman–Crippen LogP) is 1.67. The molecule has 0 saturated carbocycles. The largest absolute Gasteiger partial charge is 0.465 e. The fourth-order valence-corrected chi connectivity index (χ4v) is 0.786. The summed E-state index contributed by atoms with van der Waals surface area (Å²) in [4.78, 5) is 21.5. The van der Waals surface area contributed by atoms with Gasteiger partial charge in [0.1, 0.15) is 5.38 Å². The van der Waals surface area contributed by atoms with Crippen molar-refractivity contribution in [2.45, 2.75) is 25.1 Å². The smallest absolute Gasteiger partial charge is 0.330 e. The third-order valence-corrected chi connectivity index (χ3v) is 1.70. The van der Waals surface area contributed by atoms with Crippen molar-refractivity contribution in [3.05, 3.63) is 12.7 Å². The lowest BCUT2D eigenvalue weighted by Crippen LogP contribution is -2.15. The number of hydrogen-bond acceptors (Lipinski definition) is 4. The van der Waals surface area contributed by atoms with E-state index in [9.17, 15) is 9.59 Å². The summed E-state index contributed by atoms with van der Waals surface area (Å²) in [5, 5.41) is -0.622. The predicted molar refractivity (Wildman–Crippen MR) is 56.7 cm³/mol. The molecule has 0 aromatic carbocycles. The number of alkyl halides is 1. The monoisotopic (exact) mass is 234 g/mol. The summed E-state index contributed by atoms with van der Waals surface area (Å²) in [6.07, 6.45) is 2.39. The van der Waals surface area contributed by atoms with Crippen LogP contribution < -0.4 is 0 Å². The van der Waals surface area contributed by atoms with E-state index in [1.807, 2.05) is 0 Å². The molecule has 0 saturated heterocycles. The van der Waals surface area contributed by atoms with Gasteiger partial charge in [-0.3, -0.25) is 4.79 Å². The average Bonchev–Trinajstić information content (AvgIpc) is 2.22. The zero-order valence-corrected chi connectivity index (χ0v) is 9.46. The maximum Gasteiger partial charge on any atom is 0.330 e. The Kier molecular flexibility index (Phi) is 7.72. The zero-order chi connectivity index (χ0) is 11.7. The van der Waals surface area contributed by atoms with E-state index in [4.69, 9.17) is 21.1 Å². The molecule has 0 radical (unpaired) electrons. The number of esters is 2. The van der Waals surface area contributed by atoms with E-state index in [-0.39, 0.29) is 0 Å². The van der Waals surface area contributed by atoms with Crippen LogP contribution >= 0.6 is 11.6 Å². The van der Waals surface area contributed by atoms with Crippen LogP contribution in [0.3, 0.4) is 0 Å². The van der Waals surface area contributed by atoms with E-state index < -0.39 is 17.3 Å². The van der Waals surface area contributed by atoms with Crippen molar-refractivity contribution in [1.82, 2.24) is 0 Å². The third kappa shape index (κ3) is 8.00. The lowest BCUT2D eigenvalue weighted by Gasteiger charge is -2.05. The second kappa shape index (κ2) is 8.29. The highest BCUT2D eigenvalue weighted by atomic mass is 35.5. The molecule has 5 heteroatoms. The number of hydrogen-bond donors (Lipinski definition) is 0. The molecule has 0 heterocycles. The molecule has 0 fully saturated rings. The number of halogens is 1. The molecular formula is C10H15ClO4. The molecule has 0 rings (SSSR count). The van der Waals surface area contributed by atoms with E-state index in [1.54, 1.807) is 6.92 Å². The minimum atomic E-state index is -0.622. The lowest BCUT2D eigenvalue weighted by molar-refractivity contribution is -0.143. The third-order valence-electron chi connectivity index (χ3n) is 1.52. The van der Waals surface area contributed by atoms with Gasteiger partial charge < -0.3 is 9.47 Å². The molecule has 1 atom stereocenters. The van der Waals surface area contributed by atoms with Gasteiger partial charge >= 0.3 is 11.9 Å². The van der Waals surface area contributed by atoms with Crippen molar-refractivity contribution in [2.24, 2.45) is 0 Å². The second-order valence-electron chi connectivity index (χ2n) is 2.86. The van der Waals surface area contributed by atoms with E-state index in [2.05, 4.69) is 6.58 Å². The van der Waals surface area contributed by atoms with Crippen LogP contribution in [-0.2, 0) is 19.1 Å². The Morgan fingerprint density at radius 1 is 1.33 bits per heavy atom. The van der Waals surface area contributed by atoms with Crippen molar-refractivity contribution in [3.8, 4) is 0 Å². The maximum atomic E-state index is 10.9. The standard InChI is InChI=1S/C10H15ClO4/c1-3-9(12)14-6-4-5-7-15-10(13)8(2)11/h3,8H,1,4-7H2,2H3. The minimum Gasteiger partial charge on any atom is -0.465 e. The van der Waals surface area contributed by atoms with E-state index >= 15 is 0 Å². The normalized spacial score (nSPS) is 11.6. The van der Waals surface area contributed by atoms with Crippen molar-refractivity contribution >= 4 is 23.5 Å². The maximum absolute atomic E-state index is 10.9. The van der Waals surface area contributed by atoms with Gasteiger partial charge in [0, 0.05) is 6.08 Å². The van der Waals surface area contributed by atoms with Crippen LogP contribution in [0.2, 0.25) is 0 Å². The summed E-state index contributed by atoms with van der Waals surface area (Å²) < 4.78 is 9.53. The highest BCUT2D eigenvalue weighted by Gasteiger charge is 2.09. The van der Waals surface area contributed by atoms with Crippen LogP contribution in [0.4, 0.5) is 0 Å². The molecule has 86 valence electrons. The summed E-state index contributed by atoms with van der Waals surface area (Å²) >= 11 is 5.47. The molecule has 0 aromatic rings. The van der Waals surface area contributed by atoms with Gasteiger partial charge in [0.25, 0.3) is 0 Å². The molecule has 4 nitrogen and oxygen atoms in total. The Labute approximate surface area is 94.2 Å². The molecular weight excluding hydrogens is 220 g/mol. The van der Waals surface area contributed by atoms with Gasteiger partial charge in [-0.15, -0.1) is 11.6 Å². The number of rotatable bonds is 7. The lowest BCUT2D eigenvalue weighted by atomic mass is 10.3. The second-order valence-corrected chi connectivity index (χ2v) is 3.52. The molecule has 0 aliphatic rings. The Bertz CT molecular complexity index is 225. The van der Waals surface area contributed by atoms with E-state index in [0.717, 1.165) is 6.08 Å². The summed E-state index contributed by atoms with van der Waals surface area (Å²) in [7, 11) is 0. The summed E-state index contributed by atoms with van der Waals surface area (Å²) in [6.45, 7) is 5.41. The summed E-state index contributed by atoms with van der Waals surface area (Å²) in [5.41, 5.74) is 0. The van der Waals surface area contributed by atoms with Crippen LogP contribution in [0.5, 0.6) is 0 Å². The Morgan fingerprint density at radius 2 is 1.87 bits per heavy atom. The molecule has 0 bridgehead atoms. The molecule has 0 aromatic heterocycles. The van der Waals surface area contributed by atoms with E-state index in [1.165, 1.54) is 0 Å². The van der Waals surface area contributed by atoms with Crippen molar-refractivity contribution < 1.29 is 19.1 Å². The van der Waals surface area contributed by atoms with Crippen LogP contribution in [0, 0.1) is 0 Å². The molecule has 0 aliphatic carbocycles. The fourth-order valence-electron chi connectivity index (χ4n) is 0.723. The first-order valence-corrected chi connectivity index (χ1v) is 5.11. The van der Waals surface area contributed by atoms with Gasteiger partial charge in [0.2, 0.25) is 0 Å². The van der Waals surface area contributed by atoms with Gasteiger partial charge in [-0.1, -0.05) is 6.58 Å². The van der Waals surface area contributed by atoms with Crippen molar-refractivity contribution in [2.75, 3.05) is 13.2 Å². The number of unbranched alkanes of at least 4 members (excludes halogenated alkanes) is 1. The van der Waals surface area contributed by atoms with Crippen molar-refractivity contribution in [1.29, 1.82) is 0 Å². The highest BCUT2D eigenvalue weighted by Crippen LogP contribution is 1.99. The van der Waals surface area contributed by atoms with Gasteiger partial charge in [-0.05, 0) is 19.8 Å². The van der Waals surface area contributed by atoms with E-state index in [0.29, 0.717) is 26.1 Å². The van der Waals surface area contributed by atoms with Gasteiger partial charge in [-0.2, -0.15) is 0 Å². The van der Waals surface area contributed by atoms with Crippen LogP contribution in [0.25, 0.3) is 0 Å². The Hall–Kier alpha value is -1.03. The van der Waals surface area contributed by atoms with Crippen LogP contribution in [0.1, 0.15) is 19.8 Å². The van der Waals surface area contributed by atoms with Crippen LogP contribution in [-0.4, -0.2) is 30.5 Å². The SMILES string of the molecule is C=CC(=O)OCCCCOC(=O)C(C)Cl. The van der Waals surface area contributed by atoms with Crippen LogP contribution in [0.15, 0.2) is 12.7 Å². The fraction of sp³-hybridized carbons (Fsp3) is 0.600. The topological polar surface area (TPSA) is 52.6 Å². The quantitative estimate of drug-likeness (QED) is 0.291. The molecule has 15 heavy (non-hydrogen) atoms. The van der Waals surface area contributed by atoms with Gasteiger partial charge in [-0.25, -0.2) is 4.79 Å². The molecule has 0 aliphatic heterocycles. The highest BCUT2D eigenvalue weighted by molar-refractivity contribution is 6.29. The molecule has 0 N–H and O–H groups in total. The number of carbonyl (C=O) groups is 2. The molecule has 0 spiro atoms. The molecule has 0 amide bonds. The number of ether oxygens (including phenoxy) is 2. The van der Waals surface area contributed by atoms with Crippen molar-refractivity contribution in [3.63, 3.8) is 0 Å². The molecule has 1 unspecified atom stereocenters. The summed E-state index contributed by atoms with van der Waals surface area (Å²) in [6, 6.07) is 0. The zero-order valence-electron chi connectivity index (χ0n) is 8.70. The van der Waals surface area contributed by atoms with Gasteiger partial charge in [0.15, 0.2) is 0 Å². The average molecular weight is 235 g/mol.